The second-order valence-electron chi connectivity index (χ2n) is 4.56. The Labute approximate surface area is 102 Å². The normalized spacial score (nSPS) is 21.3. The molecule has 2 heterocycles. The average molecular weight is 254 g/mol. The molecule has 1 aliphatic rings. The van der Waals surface area contributed by atoms with Gasteiger partial charge in [0.25, 0.3) is 0 Å². The molecule has 1 fully saturated rings. The van der Waals surface area contributed by atoms with Crippen molar-refractivity contribution in [3.63, 3.8) is 0 Å². The van der Waals surface area contributed by atoms with Gasteiger partial charge in [0.15, 0.2) is 9.84 Å². The number of sulfone groups is 1. The molecular weight excluding hydrogens is 236 g/mol. The lowest BCUT2D eigenvalue weighted by Gasteiger charge is -2.23. The maximum Gasteiger partial charge on any atom is 0.155 e. The Morgan fingerprint density at radius 1 is 1.29 bits per heavy atom. The molecule has 0 amide bonds. The summed E-state index contributed by atoms with van der Waals surface area (Å²) < 4.78 is 24.0. The SMILES string of the molecule is O=S(=O)(Cc1ccncc1)C[C@@H]1CCCCN1. The molecule has 1 saturated heterocycles. The minimum absolute atomic E-state index is 0.119. The zero-order valence-corrected chi connectivity index (χ0v) is 10.6. The molecule has 17 heavy (non-hydrogen) atoms. The Bertz CT molecular complexity index is 439. The maximum atomic E-state index is 12.0. The van der Waals surface area contributed by atoms with Crippen molar-refractivity contribution >= 4 is 9.84 Å². The fourth-order valence-electron chi connectivity index (χ4n) is 2.16. The Hall–Kier alpha value is -0.940. The average Bonchev–Trinajstić information content (AvgIpc) is 2.30. The molecule has 2 rings (SSSR count). The van der Waals surface area contributed by atoms with Gasteiger partial charge in [0.1, 0.15) is 0 Å². The number of piperidine rings is 1. The molecule has 1 atom stereocenters. The zero-order chi connectivity index (χ0) is 12.1. The summed E-state index contributed by atoms with van der Waals surface area (Å²) in [4.78, 5) is 3.88. The van der Waals surface area contributed by atoms with E-state index in [1.807, 2.05) is 0 Å². The Kier molecular flexibility index (Phi) is 4.12. The number of nitrogens with zero attached hydrogens (tertiary/aromatic N) is 1. The van der Waals surface area contributed by atoms with Gasteiger partial charge in [-0.05, 0) is 37.1 Å². The van der Waals surface area contributed by atoms with E-state index in [4.69, 9.17) is 0 Å². The van der Waals surface area contributed by atoms with Gasteiger partial charge < -0.3 is 5.32 Å². The fourth-order valence-corrected chi connectivity index (χ4v) is 3.88. The zero-order valence-electron chi connectivity index (χ0n) is 9.80. The third-order valence-electron chi connectivity index (χ3n) is 3.00. The largest absolute Gasteiger partial charge is 0.313 e. The smallest absolute Gasteiger partial charge is 0.155 e. The highest BCUT2D eigenvalue weighted by Gasteiger charge is 2.21. The van der Waals surface area contributed by atoms with Gasteiger partial charge in [0.05, 0.1) is 11.5 Å². The summed E-state index contributed by atoms with van der Waals surface area (Å²) in [5, 5.41) is 3.27. The summed E-state index contributed by atoms with van der Waals surface area (Å²) in [6.07, 6.45) is 6.51. The molecule has 1 N–H and O–H groups in total. The third-order valence-corrected chi connectivity index (χ3v) is 4.69. The van der Waals surface area contributed by atoms with Gasteiger partial charge in [-0.3, -0.25) is 4.98 Å². The van der Waals surface area contributed by atoms with Gasteiger partial charge in [0, 0.05) is 18.4 Å². The summed E-state index contributed by atoms with van der Waals surface area (Å²) in [6, 6.07) is 3.65. The van der Waals surface area contributed by atoms with Gasteiger partial charge in [-0.2, -0.15) is 0 Å². The van der Waals surface area contributed by atoms with Crippen molar-refractivity contribution < 1.29 is 8.42 Å². The van der Waals surface area contributed by atoms with Crippen LogP contribution in [0.4, 0.5) is 0 Å². The third kappa shape index (κ3) is 4.09. The van der Waals surface area contributed by atoms with Crippen molar-refractivity contribution in [2.75, 3.05) is 12.3 Å². The van der Waals surface area contributed by atoms with E-state index in [9.17, 15) is 8.42 Å². The lowest BCUT2D eigenvalue weighted by atomic mass is 10.1. The van der Waals surface area contributed by atoms with Crippen LogP contribution in [-0.4, -0.2) is 31.7 Å². The molecule has 0 aliphatic carbocycles. The van der Waals surface area contributed by atoms with Crippen molar-refractivity contribution in [3.8, 4) is 0 Å². The van der Waals surface area contributed by atoms with Gasteiger partial charge >= 0.3 is 0 Å². The number of hydrogen-bond donors (Lipinski definition) is 1. The molecular formula is C12H18N2O2S. The lowest BCUT2D eigenvalue weighted by molar-refractivity contribution is 0.423. The molecule has 0 spiro atoms. The molecule has 0 bridgehead atoms. The van der Waals surface area contributed by atoms with Crippen LogP contribution in [0, 0.1) is 0 Å². The molecule has 1 aromatic heterocycles. The van der Waals surface area contributed by atoms with E-state index < -0.39 is 9.84 Å². The highest BCUT2D eigenvalue weighted by atomic mass is 32.2. The van der Waals surface area contributed by atoms with Gasteiger partial charge in [0.2, 0.25) is 0 Å². The molecule has 0 unspecified atom stereocenters. The number of rotatable bonds is 4. The quantitative estimate of drug-likeness (QED) is 0.875. The Morgan fingerprint density at radius 2 is 2.06 bits per heavy atom. The first-order chi connectivity index (χ1) is 8.16. The Morgan fingerprint density at radius 3 is 2.71 bits per heavy atom. The summed E-state index contributed by atoms with van der Waals surface area (Å²) in [5.74, 6) is 0.364. The first-order valence-electron chi connectivity index (χ1n) is 5.98. The fraction of sp³-hybridized carbons (Fsp3) is 0.583. The number of aromatic nitrogens is 1. The van der Waals surface area contributed by atoms with E-state index in [0.717, 1.165) is 31.4 Å². The van der Waals surface area contributed by atoms with E-state index >= 15 is 0 Å². The first kappa shape index (κ1) is 12.5. The van der Waals surface area contributed by atoms with E-state index in [1.165, 1.54) is 0 Å². The maximum absolute atomic E-state index is 12.0. The van der Waals surface area contributed by atoms with Crippen LogP contribution < -0.4 is 5.32 Å². The van der Waals surface area contributed by atoms with Crippen molar-refractivity contribution in [2.45, 2.75) is 31.1 Å². The van der Waals surface area contributed by atoms with Crippen LogP contribution in [0.1, 0.15) is 24.8 Å². The standard InChI is InChI=1S/C12H18N2O2S/c15-17(16,9-11-4-7-13-8-5-11)10-12-3-1-2-6-14-12/h4-5,7-8,12,14H,1-3,6,9-10H2/t12-/m0/s1. The summed E-state index contributed by atoms with van der Waals surface area (Å²) in [7, 11) is -3.02. The van der Waals surface area contributed by atoms with Crippen LogP contribution >= 0.6 is 0 Å². The molecule has 0 saturated carbocycles. The predicted octanol–water partition coefficient (Wildman–Crippen LogP) is 1.14. The minimum Gasteiger partial charge on any atom is -0.313 e. The second kappa shape index (κ2) is 5.60. The van der Waals surface area contributed by atoms with E-state index in [0.29, 0.717) is 0 Å². The second-order valence-corrected chi connectivity index (χ2v) is 6.67. The van der Waals surface area contributed by atoms with Crippen molar-refractivity contribution in [1.82, 2.24) is 10.3 Å². The van der Waals surface area contributed by atoms with Crippen LogP contribution in [0.5, 0.6) is 0 Å². The molecule has 94 valence electrons. The first-order valence-corrected chi connectivity index (χ1v) is 7.80. The topological polar surface area (TPSA) is 59.1 Å². The number of hydrogen-bond acceptors (Lipinski definition) is 4. The number of nitrogens with one attached hydrogen (secondary N) is 1. The van der Waals surface area contributed by atoms with Gasteiger partial charge in [-0.25, -0.2) is 8.42 Å². The van der Waals surface area contributed by atoms with Crippen LogP contribution in [0.2, 0.25) is 0 Å². The van der Waals surface area contributed by atoms with Gasteiger partial charge in [-0.1, -0.05) is 6.42 Å². The Balaban J connectivity index is 1.94. The summed E-state index contributed by atoms with van der Waals surface area (Å²) in [6.45, 7) is 0.940. The molecule has 1 aliphatic heterocycles. The molecule has 4 nitrogen and oxygen atoms in total. The van der Waals surface area contributed by atoms with Crippen LogP contribution in [0.15, 0.2) is 24.5 Å². The number of pyridine rings is 1. The van der Waals surface area contributed by atoms with Crippen molar-refractivity contribution in [1.29, 1.82) is 0 Å². The lowest BCUT2D eigenvalue weighted by Crippen LogP contribution is -2.39. The molecule has 0 radical (unpaired) electrons. The predicted molar refractivity (Wildman–Crippen MR) is 67.4 cm³/mol. The van der Waals surface area contributed by atoms with Crippen LogP contribution in [0.25, 0.3) is 0 Å². The van der Waals surface area contributed by atoms with E-state index in [1.54, 1.807) is 24.5 Å². The van der Waals surface area contributed by atoms with E-state index in [2.05, 4.69) is 10.3 Å². The van der Waals surface area contributed by atoms with Crippen LogP contribution in [-0.2, 0) is 15.6 Å². The highest BCUT2D eigenvalue weighted by Crippen LogP contribution is 2.12. The molecule has 0 aromatic carbocycles. The molecule has 1 aromatic rings. The highest BCUT2D eigenvalue weighted by molar-refractivity contribution is 7.90. The van der Waals surface area contributed by atoms with Crippen molar-refractivity contribution in [2.24, 2.45) is 0 Å². The van der Waals surface area contributed by atoms with E-state index in [-0.39, 0.29) is 17.5 Å². The van der Waals surface area contributed by atoms with Crippen LogP contribution in [0.3, 0.4) is 0 Å². The summed E-state index contributed by atoms with van der Waals surface area (Å²) in [5.41, 5.74) is 0.816. The van der Waals surface area contributed by atoms with Crippen molar-refractivity contribution in [3.05, 3.63) is 30.1 Å². The van der Waals surface area contributed by atoms with Gasteiger partial charge in [-0.15, -0.1) is 0 Å². The molecule has 5 heteroatoms. The monoisotopic (exact) mass is 254 g/mol. The summed E-state index contributed by atoms with van der Waals surface area (Å²) >= 11 is 0. The minimum atomic E-state index is -3.02.